The summed E-state index contributed by atoms with van der Waals surface area (Å²) in [7, 11) is 0. The lowest BCUT2D eigenvalue weighted by atomic mass is 10.0. The van der Waals surface area contributed by atoms with E-state index in [9.17, 15) is 18.4 Å². The third kappa shape index (κ3) is 3.41. The Kier molecular flexibility index (Phi) is 4.47. The number of halogens is 3. The highest BCUT2D eigenvalue weighted by Crippen LogP contribution is 2.35. The number of carboxylic acids is 1. The van der Waals surface area contributed by atoms with Crippen LogP contribution < -0.4 is 4.74 Å². The van der Waals surface area contributed by atoms with Crippen LogP contribution in [-0.2, 0) is 15.5 Å². The van der Waals surface area contributed by atoms with Crippen LogP contribution in [0.2, 0.25) is 5.02 Å². The summed E-state index contributed by atoms with van der Waals surface area (Å²) in [6.45, 7) is 3.34. The lowest BCUT2D eigenvalue weighted by Gasteiger charge is -2.16. The van der Waals surface area contributed by atoms with Gasteiger partial charge in [0.05, 0.1) is 11.1 Å². The first-order chi connectivity index (χ1) is 8.66. The predicted octanol–water partition coefficient (Wildman–Crippen LogP) is 2.87. The van der Waals surface area contributed by atoms with Crippen molar-refractivity contribution in [1.29, 1.82) is 0 Å². The first-order valence-electron chi connectivity index (χ1n) is 5.28. The molecule has 7 heteroatoms. The van der Waals surface area contributed by atoms with E-state index in [-0.39, 0.29) is 16.9 Å². The number of carbonyl (C=O) groups excluding carboxylic acids is 1. The molecule has 0 aromatic heterocycles. The van der Waals surface area contributed by atoms with E-state index in [1.165, 1.54) is 0 Å². The van der Waals surface area contributed by atoms with E-state index in [0.717, 1.165) is 18.2 Å². The molecule has 4 nitrogen and oxygen atoms in total. The van der Waals surface area contributed by atoms with Crippen molar-refractivity contribution in [2.45, 2.75) is 25.9 Å². The zero-order valence-corrected chi connectivity index (χ0v) is 10.9. The second kappa shape index (κ2) is 5.52. The maximum Gasteiger partial charge on any atom is 0.379 e. The minimum Gasteiger partial charge on any atom is -0.489 e. The molecule has 0 aliphatic heterocycles. The second-order valence-corrected chi connectivity index (χ2v) is 4.43. The topological polar surface area (TPSA) is 63.6 Å². The highest BCUT2D eigenvalue weighted by Gasteiger charge is 2.45. The normalized spacial score (nSPS) is 11.5. The number of carbonyl (C=O) groups is 2. The molecular formula is C12H11ClF2O4. The number of rotatable bonds is 5. The van der Waals surface area contributed by atoms with Crippen molar-refractivity contribution in [3.05, 3.63) is 28.8 Å². The molecular weight excluding hydrogens is 282 g/mol. The van der Waals surface area contributed by atoms with E-state index in [1.807, 2.05) is 0 Å². The van der Waals surface area contributed by atoms with Crippen molar-refractivity contribution in [3.8, 4) is 5.75 Å². The number of hydrogen-bond acceptors (Lipinski definition) is 3. The highest BCUT2D eigenvalue weighted by atomic mass is 35.5. The van der Waals surface area contributed by atoms with Gasteiger partial charge >= 0.3 is 17.7 Å². The van der Waals surface area contributed by atoms with Crippen LogP contribution in [0.5, 0.6) is 5.75 Å². The number of hydrogen-bond donors (Lipinski definition) is 1. The van der Waals surface area contributed by atoms with Crippen LogP contribution in [0.25, 0.3) is 0 Å². The second-order valence-electron chi connectivity index (χ2n) is 4.02. The molecule has 0 amide bonds. The van der Waals surface area contributed by atoms with Crippen molar-refractivity contribution >= 4 is 23.4 Å². The summed E-state index contributed by atoms with van der Waals surface area (Å²) in [5.74, 6) is -8.57. The van der Waals surface area contributed by atoms with Gasteiger partial charge in [0, 0.05) is 5.56 Å². The van der Waals surface area contributed by atoms with Gasteiger partial charge in [0.1, 0.15) is 5.75 Å². The minimum absolute atomic E-state index is 0.0352. The summed E-state index contributed by atoms with van der Waals surface area (Å²) in [5.41, 5.74) is -0.778. The Labute approximate surface area is 112 Å². The maximum absolute atomic E-state index is 13.6. The molecule has 0 radical (unpaired) electrons. The number of ether oxygens (including phenoxy) is 1. The van der Waals surface area contributed by atoms with Crippen LogP contribution in [-0.4, -0.2) is 23.0 Å². The molecule has 0 spiro atoms. The number of benzene rings is 1. The van der Waals surface area contributed by atoms with Crippen LogP contribution >= 0.6 is 11.6 Å². The number of Topliss-reactive ketones (excluding diaryl/α,β-unsaturated/α-hetero) is 1. The smallest absolute Gasteiger partial charge is 0.379 e. The van der Waals surface area contributed by atoms with Gasteiger partial charge in [0.25, 0.3) is 0 Å². The molecule has 0 saturated carbocycles. The van der Waals surface area contributed by atoms with E-state index in [1.54, 1.807) is 13.8 Å². The van der Waals surface area contributed by atoms with Gasteiger partial charge in [-0.25, -0.2) is 4.79 Å². The molecule has 1 aromatic rings. The van der Waals surface area contributed by atoms with Crippen molar-refractivity contribution in [1.82, 2.24) is 0 Å². The van der Waals surface area contributed by atoms with Gasteiger partial charge in [0.15, 0.2) is 0 Å². The van der Waals surface area contributed by atoms with E-state index in [2.05, 4.69) is 0 Å². The summed E-state index contributed by atoms with van der Waals surface area (Å²) in [5, 5.41) is 8.45. The van der Waals surface area contributed by atoms with Crippen LogP contribution in [0.4, 0.5) is 8.78 Å². The predicted molar refractivity (Wildman–Crippen MR) is 63.8 cm³/mol. The Hall–Kier alpha value is -1.69. The molecule has 0 saturated heterocycles. The fourth-order valence-corrected chi connectivity index (χ4v) is 1.47. The third-order valence-corrected chi connectivity index (χ3v) is 2.45. The van der Waals surface area contributed by atoms with Crippen LogP contribution in [0.3, 0.4) is 0 Å². The van der Waals surface area contributed by atoms with Crippen LogP contribution in [0.15, 0.2) is 18.2 Å². The highest BCUT2D eigenvalue weighted by molar-refractivity contribution is 6.35. The van der Waals surface area contributed by atoms with Gasteiger partial charge in [0.2, 0.25) is 0 Å². The molecule has 19 heavy (non-hydrogen) atoms. The van der Waals surface area contributed by atoms with Gasteiger partial charge in [-0.1, -0.05) is 17.7 Å². The summed E-state index contributed by atoms with van der Waals surface area (Å²) < 4.78 is 32.4. The molecule has 0 aliphatic carbocycles. The summed E-state index contributed by atoms with van der Waals surface area (Å²) in [6, 6.07) is 2.87. The fraction of sp³-hybridized carbons (Fsp3) is 0.333. The summed E-state index contributed by atoms with van der Waals surface area (Å²) in [4.78, 5) is 21.3. The number of aliphatic carboxylic acids is 1. The first kappa shape index (κ1) is 15.4. The molecule has 0 atom stereocenters. The Balaban J connectivity index is 3.21. The summed E-state index contributed by atoms with van der Waals surface area (Å²) >= 11 is 5.76. The first-order valence-corrected chi connectivity index (χ1v) is 5.66. The molecule has 1 aromatic carbocycles. The number of alkyl halides is 2. The van der Waals surface area contributed by atoms with Gasteiger partial charge in [-0.05, 0) is 26.0 Å². The average Bonchev–Trinajstić information content (AvgIpc) is 2.29. The van der Waals surface area contributed by atoms with Crippen LogP contribution in [0, 0.1) is 0 Å². The van der Waals surface area contributed by atoms with Crippen molar-refractivity contribution in [2.75, 3.05) is 0 Å². The van der Waals surface area contributed by atoms with E-state index < -0.39 is 23.2 Å². The van der Waals surface area contributed by atoms with Gasteiger partial charge in [-0.2, -0.15) is 8.78 Å². The lowest BCUT2D eigenvalue weighted by molar-refractivity contribution is -0.163. The molecule has 1 N–H and O–H groups in total. The molecule has 0 bridgehead atoms. The zero-order valence-electron chi connectivity index (χ0n) is 10.1. The minimum atomic E-state index is -4.13. The summed E-state index contributed by atoms with van der Waals surface area (Å²) in [6.07, 6.45) is -0.309. The zero-order chi connectivity index (χ0) is 14.8. The fourth-order valence-electron chi connectivity index (χ4n) is 1.31. The Morgan fingerprint density at radius 1 is 1.37 bits per heavy atom. The van der Waals surface area contributed by atoms with Crippen molar-refractivity contribution in [3.63, 3.8) is 0 Å². The largest absolute Gasteiger partial charge is 0.489 e. The molecule has 104 valence electrons. The molecule has 1 rings (SSSR count). The van der Waals surface area contributed by atoms with E-state index in [4.69, 9.17) is 21.4 Å². The number of ketones is 1. The molecule has 0 unspecified atom stereocenters. The third-order valence-electron chi connectivity index (χ3n) is 2.14. The number of carboxylic acid groups (broad SMARTS) is 1. The molecule has 0 heterocycles. The quantitative estimate of drug-likeness (QED) is 0.848. The van der Waals surface area contributed by atoms with Crippen LogP contribution in [0.1, 0.15) is 19.4 Å². The average molecular weight is 293 g/mol. The van der Waals surface area contributed by atoms with Crippen molar-refractivity contribution < 1.29 is 28.2 Å². The Morgan fingerprint density at radius 3 is 2.42 bits per heavy atom. The standard InChI is InChI=1S/C12H11ClF2O4/c1-6(2)19-9-5-7(3-4-8(9)13)12(14,15)10(16)11(17)18/h3-6H,1-2H3,(H,17,18). The van der Waals surface area contributed by atoms with Gasteiger partial charge < -0.3 is 9.84 Å². The van der Waals surface area contributed by atoms with Gasteiger partial charge in [-0.15, -0.1) is 0 Å². The lowest BCUT2D eigenvalue weighted by Crippen LogP contribution is -2.32. The van der Waals surface area contributed by atoms with Crippen molar-refractivity contribution in [2.24, 2.45) is 0 Å². The Morgan fingerprint density at radius 2 is 1.95 bits per heavy atom. The van der Waals surface area contributed by atoms with E-state index in [0.29, 0.717) is 0 Å². The van der Waals surface area contributed by atoms with E-state index >= 15 is 0 Å². The monoisotopic (exact) mass is 292 g/mol. The Bertz CT molecular complexity index is 514. The molecule has 0 aliphatic rings. The SMILES string of the molecule is CC(C)Oc1cc(C(F)(F)C(=O)C(=O)O)ccc1Cl. The van der Waals surface area contributed by atoms with Gasteiger partial charge in [-0.3, -0.25) is 4.79 Å². The maximum atomic E-state index is 13.6. The molecule has 0 fully saturated rings.